The van der Waals surface area contributed by atoms with E-state index in [1.54, 1.807) is 0 Å². The summed E-state index contributed by atoms with van der Waals surface area (Å²) in [6.07, 6.45) is 3.87. The molecule has 0 aliphatic rings. The van der Waals surface area contributed by atoms with Crippen molar-refractivity contribution in [2.75, 3.05) is 0 Å². The van der Waals surface area contributed by atoms with Crippen molar-refractivity contribution in [1.82, 2.24) is 0 Å². The Morgan fingerprint density at radius 1 is 1.07 bits per heavy atom. The minimum absolute atomic E-state index is 0.831. The van der Waals surface area contributed by atoms with Crippen LogP contribution in [-0.2, 0) is 6.42 Å². The van der Waals surface area contributed by atoms with Crippen LogP contribution >= 0.6 is 0 Å². The van der Waals surface area contributed by atoms with Gasteiger partial charge in [-0.25, -0.2) is 0 Å². The molecule has 0 aliphatic heterocycles. The zero-order valence-electron chi connectivity index (χ0n) is 10.1. The maximum Gasteiger partial charge on any atom is -0.0253 e. The van der Waals surface area contributed by atoms with E-state index in [4.69, 9.17) is 0 Å². The molecule has 1 aromatic carbocycles. The molecule has 80 valence electrons. The van der Waals surface area contributed by atoms with Crippen molar-refractivity contribution in [2.24, 2.45) is 5.92 Å². The van der Waals surface area contributed by atoms with Crippen LogP contribution in [0.5, 0.6) is 0 Å². The second-order valence-corrected chi connectivity index (χ2v) is 3.58. The highest BCUT2D eigenvalue weighted by Gasteiger charge is 2.00. The van der Waals surface area contributed by atoms with Crippen molar-refractivity contribution < 1.29 is 0 Å². The van der Waals surface area contributed by atoms with Crippen LogP contribution in [0.25, 0.3) is 0 Å². The Labute approximate surface area is 89.4 Å². The lowest BCUT2D eigenvalue weighted by atomic mass is 9.97. The first kappa shape index (κ1) is 13.2. The number of benzene rings is 1. The van der Waals surface area contributed by atoms with Crippen LogP contribution in [0.15, 0.2) is 30.3 Å². The van der Waals surface area contributed by atoms with Crippen LogP contribution in [0, 0.1) is 5.92 Å². The molecule has 0 heteroatoms. The Bertz CT molecular complexity index is 201. The fourth-order valence-electron chi connectivity index (χ4n) is 1.61. The van der Waals surface area contributed by atoms with Crippen molar-refractivity contribution in [3.05, 3.63) is 35.9 Å². The Morgan fingerprint density at radius 2 is 1.64 bits per heavy atom. The Kier molecular flexibility index (Phi) is 8.31. The maximum absolute atomic E-state index is 2.33. The Balaban J connectivity index is 0.000000791. The van der Waals surface area contributed by atoms with Gasteiger partial charge in [0.2, 0.25) is 0 Å². The summed E-state index contributed by atoms with van der Waals surface area (Å²) in [4.78, 5) is 0. The highest BCUT2D eigenvalue weighted by atomic mass is 14.1. The predicted molar refractivity (Wildman–Crippen MR) is 65.6 cm³/mol. The molecule has 0 unspecified atom stereocenters. The molecule has 14 heavy (non-hydrogen) atoms. The lowest BCUT2D eigenvalue weighted by molar-refractivity contribution is 0.522. The maximum atomic E-state index is 2.33. The molecule has 0 aromatic heterocycles. The molecule has 0 amide bonds. The summed E-state index contributed by atoms with van der Waals surface area (Å²) in [5, 5.41) is 0. The van der Waals surface area contributed by atoms with Gasteiger partial charge in [0.15, 0.2) is 0 Å². The first-order valence-electron chi connectivity index (χ1n) is 5.87. The van der Waals surface area contributed by atoms with Gasteiger partial charge in [0, 0.05) is 0 Å². The van der Waals surface area contributed by atoms with Gasteiger partial charge in [0.1, 0.15) is 0 Å². The van der Waals surface area contributed by atoms with E-state index in [1.807, 2.05) is 13.8 Å². The third-order valence-electron chi connectivity index (χ3n) is 2.21. The molecule has 0 saturated heterocycles. The quantitative estimate of drug-likeness (QED) is 0.649. The molecule has 0 heterocycles. The van der Waals surface area contributed by atoms with E-state index in [9.17, 15) is 0 Å². The molecule has 0 N–H and O–H groups in total. The molecule has 1 rings (SSSR count). The highest BCUT2D eigenvalue weighted by molar-refractivity contribution is 5.14. The van der Waals surface area contributed by atoms with Gasteiger partial charge in [-0.2, -0.15) is 0 Å². The first-order chi connectivity index (χ1) is 6.83. The molecular formula is C14H24. The highest BCUT2D eigenvalue weighted by Crippen LogP contribution is 2.12. The van der Waals surface area contributed by atoms with Crippen molar-refractivity contribution in [3.8, 4) is 0 Å². The van der Waals surface area contributed by atoms with Gasteiger partial charge in [0.25, 0.3) is 0 Å². The third kappa shape index (κ3) is 5.80. The fraction of sp³-hybridized carbons (Fsp3) is 0.571. The molecule has 1 atom stereocenters. The second-order valence-electron chi connectivity index (χ2n) is 3.58. The summed E-state index contributed by atoms with van der Waals surface area (Å²) in [5.41, 5.74) is 1.47. The van der Waals surface area contributed by atoms with E-state index in [-0.39, 0.29) is 0 Å². The summed E-state index contributed by atoms with van der Waals surface area (Å²) in [7, 11) is 0. The zero-order valence-corrected chi connectivity index (χ0v) is 10.1. The average molecular weight is 192 g/mol. The zero-order chi connectivity index (χ0) is 10.8. The third-order valence-corrected chi connectivity index (χ3v) is 2.21. The van der Waals surface area contributed by atoms with Crippen LogP contribution < -0.4 is 0 Å². The first-order valence-corrected chi connectivity index (χ1v) is 5.87. The van der Waals surface area contributed by atoms with E-state index in [0.717, 1.165) is 5.92 Å². The standard InChI is InChI=1S/C12H18.C2H6/c1-3-7-11(2)10-12-8-5-4-6-9-12;1-2/h4-6,8-9,11H,3,7,10H2,1-2H3;1-2H3/t11-;/m0./s1. The Morgan fingerprint density at radius 3 is 2.14 bits per heavy atom. The molecule has 1 aromatic rings. The van der Waals surface area contributed by atoms with Crippen molar-refractivity contribution in [2.45, 2.75) is 47.0 Å². The van der Waals surface area contributed by atoms with Gasteiger partial charge < -0.3 is 0 Å². The molecule has 0 fully saturated rings. The number of rotatable bonds is 4. The molecule has 0 aliphatic carbocycles. The summed E-state index contributed by atoms with van der Waals surface area (Å²) >= 11 is 0. The van der Waals surface area contributed by atoms with E-state index in [2.05, 4.69) is 44.2 Å². The summed E-state index contributed by atoms with van der Waals surface area (Å²) < 4.78 is 0. The SMILES string of the molecule is CC.CCC[C@H](C)Cc1ccccc1. The van der Waals surface area contributed by atoms with Crippen LogP contribution in [0.3, 0.4) is 0 Å². The number of hydrogen-bond donors (Lipinski definition) is 0. The van der Waals surface area contributed by atoms with E-state index in [1.165, 1.54) is 24.8 Å². The summed E-state index contributed by atoms with van der Waals surface area (Å²) in [6, 6.07) is 10.7. The monoisotopic (exact) mass is 192 g/mol. The van der Waals surface area contributed by atoms with E-state index >= 15 is 0 Å². The smallest absolute Gasteiger partial charge is 0.0253 e. The van der Waals surface area contributed by atoms with Gasteiger partial charge in [-0.3, -0.25) is 0 Å². The van der Waals surface area contributed by atoms with Crippen molar-refractivity contribution >= 4 is 0 Å². The minimum atomic E-state index is 0.831. The van der Waals surface area contributed by atoms with E-state index < -0.39 is 0 Å². The largest absolute Gasteiger partial charge is 0.0683 e. The van der Waals surface area contributed by atoms with Crippen LogP contribution in [0.1, 0.15) is 46.1 Å². The predicted octanol–water partition coefficient (Wildman–Crippen LogP) is 4.69. The average Bonchev–Trinajstić information content (AvgIpc) is 2.22. The van der Waals surface area contributed by atoms with Gasteiger partial charge in [-0.05, 0) is 17.9 Å². The summed E-state index contributed by atoms with van der Waals surface area (Å²) in [5.74, 6) is 0.831. The molecular weight excluding hydrogens is 168 g/mol. The van der Waals surface area contributed by atoms with Gasteiger partial charge in [-0.1, -0.05) is 70.9 Å². The molecule has 0 radical (unpaired) electrons. The lowest BCUT2D eigenvalue weighted by Crippen LogP contribution is -1.98. The van der Waals surface area contributed by atoms with E-state index in [0.29, 0.717) is 0 Å². The molecule has 0 saturated carbocycles. The topological polar surface area (TPSA) is 0 Å². The van der Waals surface area contributed by atoms with Crippen molar-refractivity contribution in [1.29, 1.82) is 0 Å². The normalized spacial score (nSPS) is 11.4. The minimum Gasteiger partial charge on any atom is -0.0683 e. The van der Waals surface area contributed by atoms with Crippen molar-refractivity contribution in [3.63, 3.8) is 0 Å². The lowest BCUT2D eigenvalue weighted by Gasteiger charge is -2.08. The Hall–Kier alpha value is -0.780. The van der Waals surface area contributed by atoms with Crippen LogP contribution in [0.2, 0.25) is 0 Å². The molecule has 0 nitrogen and oxygen atoms in total. The fourth-order valence-corrected chi connectivity index (χ4v) is 1.61. The van der Waals surface area contributed by atoms with Crippen LogP contribution in [-0.4, -0.2) is 0 Å². The number of hydrogen-bond acceptors (Lipinski definition) is 0. The van der Waals surface area contributed by atoms with Gasteiger partial charge in [0.05, 0.1) is 0 Å². The molecule has 0 spiro atoms. The second kappa shape index (κ2) is 8.80. The molecule has 0 bridgehead atoms. The van der Waals surface area contributed by atoms with Gasteiger partial charge >= 0.3 is 0 Å². The summed E-state index contributed by atoms with van der Waals surface area (Å²) in [6.45, 7) is 8.58. The van der Waals surface area contributed by atoms with Gasteiger partial charge in [-0.15, -0.1) is 0 Å². The van der Waals surface area contributed by atoms with Crippen LogP contribution in [0.4, 0.5) is 0 Å².